The number of anilines is 1. The Hall–Kier alpha value is -2.83. The summed E-state index contributed by atoms with van der Waals surface area (Å²) in [6.07, 6.45) is -6.69. The number of nitrogens with two attached hydrogens (primary N) is 1. The first-order valence-corrected chi connectivity index (χ1v) is 11.8. The first-order valence-electron chi connectivity index (χ1n) is 10.3. The van der Waals surface area contributed by atoms with Crippen molar-refractivity contribution in [3.05, 3.63) is 53.1 Å². The Balaban J connectivity index is 1.82. The van der Waals surface area contributed by atoms with Crippen LogP contribution in [0.3, 0.4) is 0 Å². The van der Waals surface area contributed by atoms with Gasteiger partial charge >= 0.3 is 19.4 Å². The molecule has 4 N–H and O–H groups in total. The fourth-order valence-corrected chi connectivity index (χ4v) is 5.03. The molecule has 1 fully saturated rings. The fourth-order valence-electron chi connectivity index (χ4n) is 3.34. The Morgan fingerprint density at radius 1 is 1.32 bits per heavy atom. The SMILES string of the molecule is COC(=O)C(C)NP(=O)(Oc1ccccc1)OC(C)C1OC(n2ccc(N)nc2=O)C(F)C1O. The summed E-state index contributed by atoms with van der Waals surface area (Å²) in [6, 6.07) is 8.18. The van der Waals surface area contributed by atoms with Crippen LogP contribution in [0.15, 0.2) is 47.4 Å². The molecule has 7 unspecified atom stereocenters. The molecule has 34 heavy (non-hydrogen) atoms. The lowest BCUT2D eigenvalue weighted by atomic mass is 10.1. The number of carbonyl (C=O) groups is 1. The number of hydrogen-bond acceptors (Lipinski definition) is 10. The Morgan fingerprint density at radius 3 is 2.62 bits per heavy atom. The van der Waals surface area contributed by atoms with Crippen LogP contribution in [0.4, 0.5) is 10.2 Å². The third kappa shape index (κ3) is 5.80. The Morgan fingerprint density at radius 2 is 2.00 bits per heavy atom. The summed E-state index contributed by atoms with van der Waals surface area (Å²) in [5.41, 5.74) is 4.58. The van der Waals surface area contributed by atoms with Gasteiger partial charge < -0.3 is 24.8 Å². The molecule has 14 heteroatoms. The molecule has 1 aliphatic heterocycles. The molecule has 3 rings (SSSR count). The lowest BCUT2D eigenvalue weighted by Crippen LogP contribution is -2.40. The summed E-state index contributed by atoms with van der Waals surface area (Å²) >= 11 is 0. The second-order valence-electron chi connectivity index (χ2n) is 7.55. The average Bonchev–Trinajstić information content (AvgIpc) is 3.08. The molecule has 0 amide bonds. The van der Waals surface area contributed by atoms with Gasteiger partial charge in [-0.05, 0) is 32.0 Å². The molecule has 0 aliphatic carbocycles. The lowest BCUT2D eigenvalue weighted by molar-refractivity contribution is -0.142. The van der Waals surface area contributed by atoms with E-state index in [0.29, 0.717) is 0 Å². The standard InChI is InChI=1S/C20H26FN4O8P/c1-11(19(27)30-3)24-34(29,33-13-7-5-4-6-8-13)32-12(2)17-16(26)15(21)18(31-17)25-10-9-14(22)23-20(25)28/h4-12,15-18,26H,1-3H3,(H,24,29)(H2,22,23,28). The lowest BCUT2D eigenvalue weighted by Gasteiger charge is -2.28. The highest BCUT2D eigenvalue weighted by Gasteiger charge is 2.50. The minimum atomic E-state index is -4.29. The average molecular weight is 500 g/mol. The van der Waals surface area contributed by atoms with Crippen LogP contribution in [-0.4, -0.2) is 58.3 Å². The van der Waals surface area contributed by atoms with E-state index in [0.717, 1.165) is 11.7 Å². The third-order valence-electron chi connectivity index (χ3n) is 5.00. The number of rotatable bonds is 9. The van der Waals surface area contributed by atoms with Gasteiger partial charge in [-0.15, -0.1) is 0 Å². The molecular weight excluding hydrogens is 474 g/mol. The first-order chi connectivity index (χ1) is 16.0. The minimum absolute atomic E-state index is 0.0618. The van der Waals surface area contributed by atoms with Crippen LogP contribution in [0.1, 0.15) is 20.1 Å². The first kappa shape index (κ1) is 25.8. The Labute approximate surface area is 194 Å². The number of para-hydroxylation sites is 1. The number of nitrogen functional groups attached to an aromatic ring is 1. The number of aliphatic hydroxyl groups is 1. The number of aromatic nitrogens is 2. The second-order valence-corrected chi connectivity index (χ2v) is 9.20. The number of esters is 1. The number of aliphatic hydroxyl groups excluding tert-OH is 1. The molecule has 0 saturated carbocycles. The largest absolute Gasteiger partial charge is 0.468 e. The van der Waals surface area contributed by atoms with Crippen LogP contribution in [0.25, 0.3) is 0 Å². The van der Waals surface area contributed by atoms with E-state index in [1.165, 1.54) is 38.2 Å². The molecular formula is C20H26FN4O8P. The summed E-state index contributed by atoms with van der Waals surface area (Å²) in [6.45, 7) is 2.76. The van der Waals surface area contributed by atoms with E-state index >= 15 is 0 Å². The van der Waals surface area contributed by atoms with Gasteiger partial charge in [0.2, 0.25) is 0 Å². The maximum Gasteiger partial charge on any atom is 0.459 e. The number of methoxy groups -OCH3 is 1. The van der Waals surface area contributed by atoms with Gasteiger partial charge in [0.1, 0.15) is 29.8 Å². The summed E-state index contributed by atoms with van der Waals surface area (Å²) < 4.78 is 50.5. The van der Waals surface area contributed by atoms with E-state index in [-0.39, 0.29) is 11.6 Å². The van der Waals surface area contributed by atoms with Gasteiger partial charge in [0.15, 0.2) is 12.4 Å². The number of nitrogens with zero attached hydrogens (tertiary/aromatic N) is 2. The van der Waals surface area contributed by atoms with Crippen molar-refractivity contribution >= 4 is 19.5 Å². The van der Waals surface area contributed by atoms with E-state index in [9.17, 15) is 23.7 Å². The molecule has 0 radical (unpaired) electrons. The van der Waals surface area contributed by atoms with Gasteiger partial charge in [0, 0.05) is 6.20 Å². The van der Waals surface area contributed by atoms with Crippen LogP contribution in [0.5, 0.6) is 5.75 Å². The van der Waals surface area contributed by atoms with Crippen molar-refractivity contribution in [3.8, 4) is 5.75 Å². The van der Waals surface area contributed by atoms with Crippen LogP contribution >= 0.6 is 7.75 Å². The second kappa shape index (κ2) is 10.6. The van der Waals surface area contributed by atoms with Gasteiger partial charge in [-0.2, -0.15) is 10.1 Å². The number of ether oxygens (including phenoxy) is 2. The van der Waals surface area contributed by atoms with Gasteiger partial charge in [0.25, 0.3) is 0 Å². The molecule has 1 aromatic heterocycles. The summed E-state index contributed by atoms with van der Waals surface area (Å²) in [7, 11) is -3.13. The van der Waals surface area contributed by atoms with E-state index in [4.69, 9.17) is 19.5 Å². The van der Waals surface area contributed by atoms with Gasteiger partial charge in [0.05, 0.1) is 13.2 Å². The maximum atomic E-state index is 14.9. The highest BCUT2D eigenvalue weighted by Crippen LogP contribution is 2.48. The molecule has 12 nitrogen and oxygen atoms in total. The van der Waals surface area contributed by atoms with E-state index < -0.39 is 56.2 Å². The maximum absolute atomic E-state index is 14.9. The fraction of sp³-hybridized carbons (Fsp3) is 0.450. The Kier molecular flexibility index (Phi) is 8.05. The summed E-state index contributed by atoms with van der Waals surface area (Å²) in [5.74, 6) is -0.631. The van der Waals surface area contributed by atoms with Crippen LogP contribution in [0.2, 0.25) is 0 Å². The van der Waals surface area contributed by atoms with Crippen molar-refractivity contribution in [2.24, 2.45) is 0 Å². The number of nitrogens with one attached hydrogen (secondary N) is 1. The molecule has 1 aromatic carbocycles. The highest BCUT2D eigenvalue weighted by molar-refractivity contribution is 7.52. The van der Waals surface area contributed by atoms with Crippen LogP contribution < -0.4 is 21.0 Å². The third-order valence-corrected chi connectivity index (χ3v) is 6.77. The molecule has 186 valence electrons. The van der Waals surface area contributed by atoms with E-state index in [1.807, 2.05) is 0 Å². The zero-order valence-electron chi connectivity index (χ0n) is 18.6. The topological polar surface area (TPSA) is 164 Å². The normalized spacial score (nSPS) is 25.8. The van der Waals surface area contributed by atoms with Crippen LogP contribution in [0, 0.1) is 0 Å². The summed E-state index contributed by atoms with van der Waals surface area (Å²) in [4.78, 5) is 27.5. The molecule has 0 bridgehead atoms. The predicted molar refractivity (Wildman–Crippen MR) is 118 cm³/mol. The zero-order chi connectivity index (χ0) is 25.0. The quantitative estimate of drug-likeness (QED) is 0.334. The van der Waals surface area contributed by atoms with Crippen molar-refractivity contribution in [2.75, 3.05) is 12.8 Å². The van der Waals surface area contributed by atoms with Gasteiger partial charge in [-0.25, -0.2) is 13.8 Å². The van der Waals surface area contributed by atoms with E-state index in [2.05, 4.69) is 14.8 Å². The molecule has 2 heterocycles. The Bertz CT molecular complexity index is 1100. The van der Waals surface area contributed by atoms with Gasteiger partial charge in [-0.3, -0.25) is 13.9 Å². The van der Waals surface area contributed by atoms with Gasteiger partial charge in [-0.1, -0.05) is 18.2 Å². The molecule has 1 aliphatic rings. The zero-order valence-corrected chi connectivity index (χ0v) is 19.5. The monoisotopic (exact) mass is 500 g/mol. The van der Waals surface area contributed by atoms with Crippen LogP contribution in [-0.2, 0) is 23.4 Å². The van der Waals surface area contributed by atoms with Crippen molar-refractivity contribution in [3.63, 3.8) is 0 Å². The molecule has 0 spiro atoms. The predicted octanol–water partition coefficient (Wildman–Crippen LogP) is 1.17. The molecule has 1 saturated heterocycles. The smallest absolute Gasteiger partial charge is 0.459 e. The number of alkyl halides is 1. The van der Waals surface area contributed by atoms with Crippen molar-refractivity contribution in [2.45, 2.75) is 50.6 Å². The highest BCUT2D eigenvalue weighted by atomic mass is 31.2. The number of carbonyl (C=O) groups excluding carboxylic acids is 1. The number of hydrogen-bond donors (Lipinski definition) is 3. The number of halogens is 1. The molecule has 2 aromatic rings. The molecule has 7 atom stereocenters. The summed E-state index contributed by atoms with van der Waals surface area (Å²) in [5, 5.41) is 12.9. The number of benzene rings is 1. The van der Waals surface area contributed by atoms with E-state index in [1.54, 1.807) is 18.2 Å². The minimum Gasteiger partial charge on any atom is -0.468 e. The van der Waals surface area contributed by atoms with Crippen molar-refractivity contribution in [1.82, 2.24) is 14.6 Å². The van der Waals surface area contributed by atoms with Crippen molar-refractivity contribution < 1.29 is 37.4 Å². The van der Waals surface area contributed by atoms with Crippen molar-refractivity contribution in [1.29, 1.82) is 0 Å².